The molecule has 0 unspecified atom stereocenters. The fraction of sp³-hybridized carbons (Fsp3) is 0.233. The van der Waals surface area contributed by atoms with Crippen LogP contribution in [0.5, 0.6) is 5.75 Å². The van der Waals surface area contributed by atoms with Crippen molar-refractivity contribution in [3.63, 3.8) is 0 Å². The zero-order valence-corrected chi connectivity index (χ0v) is 21.2. The van der Waals surface area contributed by atoms with Gasteiger partial charge in [0.05, 0.1) is 7.11 Å². The van der Waals surface area contributed by atoms with Gasteiger partial charge in [-0.15, -0.1) is 0 Å². The molecule has 0 radical (unpaired) electrons. The van der Waals surface area contributed by atoms with Crippen LogP contribution in [0.15, 0.2) is 84.9 Å². The molecule has 0 atom stereocenters. The molecule has 5 rings (SSSR count). The van der Waals surface area contributed by atoms with Crippen LogP contribution in [0.4, 0.5) is 16.3 Å². The van der Waals surface area contributed by atoms with Crippen molar-refractivity contribution in [1.82, 2.24) is 14.9 Å². The molecule has 1 N–H and O–H groups in total. The van der Waals surface area contributed by atoms with Gasteiger partial charge in [-0.25, -0.2) is 14.8 Å². The lowest BCUT2D eigenvalue weighted by Gasteiger charge is -2.36. The van der Waals surface area contributed by atoms with Gasteiger partial charge in [-0.3, -0.25) is 0 Å². The van der Waals surface area contributed by atoms with Gasteiger partial charge in [0.25, 0.3) is 0 Å². The van der Waals surface area contributed by atoms with E-state index < -0.39 is 0 Å². The summed E-state index contributed by atoms with van der Waals surface area (Å²) in [6.07, 6.45) is 0.759. The number of ether oxygens (including phenoxy) is 1. The second kappa shape index (κ2) is 11.1. The zero-order chi connectivity index (χ0) is 25.6. The van der Waals surface area contributed by atoms with E-state index in [2.05, 4.69) is 41.4 Å². The Hall–Kier alpha value is -4.39. The predicted molar refractivity (Wildman–Crippen MR) is 147 cm³/mol. The molecule has 4 aromatic rings. The van der Waals surface area contributed by atoms with Crippen molar-refractivity contribution in [3.8, 4) is 17.1 Å². The van der Waals surface area contributed by atoms with Crippen LogP contribution in [0.25, 0.3) is 11.4 Å². The third kappa shape index (κ3) is 5.72. The minimum atomic E-state index is -0.0989. The molecular weight excluding hydrogens is 462 g/mol. The molecule has 0 saturated carbocycles. The Morgan fingerprint density at radius 1 is 0.865 bits per heavy atom. The monoisotopic (exact) mass is 493 g/mol. The number of methoxy groups -OCH3 is 1. The van der Waals surface area contributed by atoms with Crippen LogP contribution in [-0.2, 0) is 6.42 Å². The first-order chi connectivity index (χ1) is 18.1. The molecule has 1 saturated heterocycles. The highest BCUT2D eigenvalue weighted by Crippen LogP contribution is 2.28. The van der Waals surface area contributed by atoms with Crippen LogP contribution in [0, 0.1) is 6.92 Å². The maximum atomic E-state index is 12.9. The first kappa shape index (κ1) is 24.3. The Morgan fingerprint density at radius 2 is 1.51 bits per heavy atom. The summed E-state index contributed by atoms with van der Waals surface area (Å²) in [5.74, 6) is 2.43. The summed E-state index contributed by atoms with van der Waals surface area (Å²) in [4.78, 5) is 27.0. The van der Waals surface area contributed by atoms with Gasteiger partial charge in [-0.1, -0.05) is 60.7 Å². The number of benzene rings is 3. The van der Waals surface area contributed by atoms with Crippen LogP contribution >= 0.6 is 0 Å². The number of anilines is 2. The second-order valence-electron chi connectivity index (χ2n) is 9.10. The number of carbonyl (C=O) groups excluding carboxylic acids is 1. The summed E-state index contributed by atoms with van der Waals surface area (Å²) in [5, 5.41) is 2.99. The van der Waals surface area contributed by atoms with E-state index >= 15 is 0 Å². The number of piperazine rings is 1. The molecule has 2 amide bonds. The SMILES string of the molecule is COc1ccc(NC(=O)N2CCN(c3nc(-c4ccccc4)nc(C)c3Cc3ccccc3)CC2)cc1. The summed E-state index contributed by atoms with van der Waals surface area (Å²) in [7, 11) is 1.63. The summed E-state index contributed by atoms with van der Waals surface area (Å²) in [6, 6.07) is 27.8. The lowest BCUT2D eigenvalue weighted by molar-refractivity contribution is 0.208. The molecule has 2 heterocycles. The van der Waals surface area contributed by atoms with Gasteiger partial charge in [0, 0.05) is 55.1 Å². The van der Waals surface area contributed by atoms with Crippen LogP contribution in [-0.4, -0.2) is 54.2 Å². The maximum absolute atomic E-state index is 12.9. The third-order valence-corrected chi connectivity index (χ3v) is 6.66. The van der Waals surface area contributed by atoms with E-state index in [0.717, 1.165) is 46.3 Å². The van der Waals surface area contributed by atoms with Gasteiger partial charge < -0.3 is 19.9 Å². The Kier molecular flexibility index (Phi) is 7.31. The number of urea groups is 1. The summed E-state index contributed by atoms with van der Waals surface area (Å²) in [6.45, 7) is 4.67. The van der Waals surface area contributed by atoms with Crippen molar-refractivity contribution in [3.05, 3.63) is 102 Å². The van der Waals surface area contributed by atoms with Gasteiger partial charge in [0.15, 0.2) is 5.82 Å². The number of carbonyl (C=O) groups is 1. The maximum Gasteiger partial charge on any atom is 0.321 e. The number of aromatic nitrogens is 2. The fourth-order valence-electron chi connectivity index (χ4n) is 4.56. The van der Waals surface area contributed by atoms with Gasteiger partial charge in [-0.2, -0.15) is 0 Å². The van der Waals surface area contributed by atoms with Crippen molar-refractivity contribution < 1.29 is 9.53 Å². The molecule has 1 fully saturated rings. The Morgan fingerprint density at radius 3 is 2.16 bits per heavy atom. The fourth-order valence-corrected chi connectivity index (χ4v) is 4.56. The standard InChI is InChI=1S/C30H31N5O2/c1-22-27(21-23-9-5-3-6-10-23)29(33-28(31-22)24-11-7-4-8-12-24)34-17-19-35(20-18-34)30(36)32-25-13-15-26(37-2)16-14-25/h3-16H,17-21H2,1-2H3,(H,32,36). The number of nitrogens with one attached hydrogen (secondary N) is 1. The van der Waals surface area contributed by atoms with Crippen molar-refractivity contribution in [2.45, 2.75) is 13.3 Å². The smallest absolute Gasteiger partial charge is 0.321 e. The number of hydrogen-bond donors (Lipinski definition) is 1. The zero-order valence-electron chi connectivity index (χ0n) is 21.2. The lowest BCUT2D eigenvalue weighted by Crippen LogP contribution is -2.50. The predicted octanol–water partition coefficient (Wildman–Crippen LogP) is 5.41. The van der Waals surface area contributed by atoms with Gasteiger partial charge in [-0.05, 0) is 36.8 Å². The molecule has 188 valence electrons. The van der Waals surface area contributed by atoms with E-state index in [1.54, 1.807) is 7.11 Å². The van der Waals surface area contributed by atoms with Crippen LogP contribution in [0.2, 0.25) is 0 Å². The molecule has 1 aliphatic heterocycles. The van der Waals surface area contributed by atoms with E-state index in [1.807, 2.05) is 65.6 Å². The number of aryl methyl sites for hydroxylation is 1. The average Bonchev–Trinajstić information content (AvgIpc) is 2.95. The minimum Gasteiger partial charge on any atom is -0.497 e. The first-order valence-corrected chi connectivity index (χ1v) is 12.5. The van der Waals surface area contributed by atoms with E-state index in [-0.39, 0.29) is 6.03 Å². The summed E-state index contributed by atoms with van der Waals surface area (Å²) >= 11 is 0. The normalized spacial score (nSPS) is 13.4. The first-order valence-electron chi connectivity index (χ1n) is 12.5. The number of amides is 2. The van der Waals surface area contributed by atoms with E-state index in [9.17, 15) is 4.79 Å². The highest BCUT2D eigenvalue weighted by Gasteiger charge is 2.25. The Balaban J connectivity index is 1.35. The molecule has 1 aromatic heterocycles. The molecule has 0 spiro atoms. The van der Waals surface area contributed by atoms with Gasteiger partial charge in [0.2, 0.25) is 0 Å². The topological polar surface area (TPSA) is 70.6 Å². The molecule has 7 heteroatoms. The highest BCUT2D eigenvalue weighted by molar-refractivity contribution is 5.89. The molecular formula is C30H31N5O2. The molecule has 3 aromatic carbocycles. The van der Waals surface area contributed by atoms with Gasteiger partial charge >= 0.3 is 6.03 Å². The molecule has 7 nitrogen and oxygen atoms in total. The highest BCUT2D eigenvalue weighted by atomic mass is 16.5. The molecule has 1 aliphatic rings. The second-order valence-corrected chi connectivity index (χ2v) is 9.10. The quantitative estimate of drug-likeness (QED) is 0.389. The number of rotatable bonds is 6. The van der Waals surface area contributed by atoms with Crippen molar-refractivity contribution in [2.75, 3.05) is 43.5 Å². The number of nitrogens with zero attached hydrogens (tertiary/aromatic N) is 4. The van der Waals surface area contributed by atoms with Crippen molar-refractivity contribution in [2.24, 2.45) is 0 Å². The Bertz CT molecular complexity index is 1340. The van der Waals surface area contributed by atoms with Gasteiger partial charge in [0.1, 0.15) is 11.6 Å². The average molecular weight is 494 g/mol. The van der Waals surface area contributed by atoms with Crippen LogP contribution < -0.4 is 15.0 Å². The third-order valence-electron chi connectivity index (χ3n) is 6.66. The number of hydrogen-bond acceptors (Lipinski definition) is 5. The molecule has 0 aliphatic carbocycles. The largest absolute Gasteiger partial charge is 0.497 e. The van der Waals surface area contributed by atoms with Crippen molar-refractivity contribution in [1.29, 1.82) is 0 Å². The molecule has 37 heavy (non-hydrogen) atoms. The molecule has 0 bridgehead atoms. The Labute approximate surface area is 217 Å². The van der Waals surface area contributed by atoms with E-state index in [1.165, 1.54) is 5.56 Å². The summed E-state index contributed by atoms with van der Waals surface area (Å²) in [5.41, 5.74) is 5.07. The van der Waals surface area contributed by atoms with Crippen LogP contribution in [0.3, 0.4) is 0 Å². The van der Waals surface area contributed by atoms with Crippen molar-refractivity contribution >= 4 is 17.5 Å². The lowest BCUT2D eigenvalue weighted by atomic mass is 10.0. The van der Waals surface area contributed by atoms with E-state index in [0.29, 0.717) is 26.2 Å². The van der Waals surface area contributed by atoms with E-state index in [4.69, 9.17) is 14.7 Å². The minimum absolute atomic E-state index is 0.0989. The van der Waals surface area contributed by atoms with Crippen LogP contribution in [0.1, 0.15) is 16.8 Å². The summed E-state index contributed by atoms with van der Waals surface area (Å²) < 4.78 is 5.20.